The maximum atomic E-state index is 5.22. The first-order chi connectivity index (χ1) is 4.20. The molecule has 9 heavy (non-hydrogen) atoms. The van der Waals surface area contributed by atoms with E-state index in [9.17, 15) is 0 Å². The summed E-state index contributed by atoms with van der Waals surface area (Å²) in [6.45, 7) is 3.07. The lowest BCUT2D eigenvalue weighted by Crippen LogP contribution is -2.35. The molecule has 1 fully saturated rings. The van der Waals surface area contributed by atoms with Gasteiger partial charge in [-0.1, -0.05) is 6.92 Å². The van der Waals surface area contributed by atoms with Crippen LogP contribution in [-0.4, -0.2) is 12.7 Å². The van der Waals surface area contributed by atoms with E-state index in [0.717, 1.165) is 10.00 Å². The minimum absolute atomic E-state index is 0.318. The molecule has 0 aromatic rings. The predicted molar refractivity (Wildman–Crippen MR) is 44.8 cm³/mol. The summed E-state index contributed by atoms with van der Waals surface area (Å²) >= 11 is 6.55. The van der Waals surface area contributed by atoms with Crippen molar-refractivity contribution in [2.45, 2.75) is 13.0 Å². The van der Waals surface area contributed by atoms with Crippen molar-refractivity contribution in [3.05, 3.63) is 9.47 Å². The Morgan fingerprint density at radius 3 is 2.44 bits per heavy atom. The quantitative estimate of drug-likeness (QED) is 0.700. The van der Waals surface area contributed by atoms with Crippen LogP contribution in [0.2, 0.25) is 0 Å². The molecule has 1 aliphatic rings. The summed E-state index contributed by atoms with van der Waals surface area (Å²) in [5.74, 6) is 0.676. The van der Waals surface area contributed by atoms with Gasteiger partial charge in [0.15, 0.2) is 0 Å². The van der Waals surface area contributed by atoms with E-state index in [1.807, 2.05) is 6.08 Å². The molecule has 0 amide bonds. The zero-order valence-corrected chi connectivity index (χ0v) is 8.28. The molecule has 52 valence electrons. The molecule has 0 N–H and O–H groups in total. The average Bonchev–Trinajstić information content (AvgIpc) is 1.79. The molecule has 0 saturated carbocycles. The van der Waals surface area contributed by atoms with Gasteiger partial charge in [-0.15, -0.1) is 0 Å². The Balaban J connectivity index is 2.37. The maximum absolute atomic E-state index is 5.22. The molecule has 0 bridgehead atoms. The smallest absolute Gasteiger partial charge is 0.0822 e. The minimum atomic E-state index is 0.318. The lowest BCUT2D eigenvalue weighted by atomic mass is 10.0. The molecule has 0 spiro atoms. The highest BCUT2D eigenvalue weighted by Crippen LogP contribution is 2.25. The molecule has 3 heteroatoms. The van der Waals surface area contributed by atoms with Gasteiger partial charge in [0.2, 0.25) is 0 Å². The van der Waals surface area contributed by atoms with Crippen LogP contribution < -0.4 is 0 Å². The second kappa shape index (κ2) is 3.17. The van der Waals surface area contributed by atoms with Crippen LogP contribution in [0.4, 0.5) is 0 Å². The highest BCUT2D eigenvalue weighted by atomic mass is 79.9. The van der Waals surface area contributed by atoms with Crippen molar-refractivity contribution in [1.29, 1.82) is 0 Å². The van der Waals surface area contributed by atoms with Crippen molar-refractivity contribution in [1.82, 2.24) is 0 Å². The second-order valence-corrected chi connectivity index (χ2v) is 5.00. The predicted octanol–water partition coefficient (Wildman–Crippen LogP) is 2.65. The number of ether oxygens (including phenoxy) is 1. The number of halogens is 2. The van der Waals surface area contributed by atoms with Crippen LogP contribution in [-0.2, 0) is 4.74 Å². The molecular weight excluding hydrogens is 248 g/mol. The third-order valence-electron chi connectivity index (χ3n) is 1.40. The molecule has 2 atom stereocenters. The number of hydrogen-bond acceptors (Lipinski definition) is 1. The molecule has 0 radical (unpaired) electrons. The molecule has 1 saturated heterocycles. The van der Waals surface area contributed by atoms with Crippen molar-refractivity contribution in [2.75, 3.05) is 6.61 Å². The topological polar surface area (TPSA) is 9.23 Å². The first kappa shape index (κ1) is 7.76. The fourth-order valence-electron chi connectivity index (χ4n) is 0.736. The fourth-order valence-corrected chi connectivity index (χ4v) is 1.26. The highest BCUT2D eigenvalue weighted by molar-refractivity contribution is 9.28. The largest absolute Gasteiger partial charge is 0.373 e. The van der Waals surface area contributed by atoms with Crippen LogP contribution in [0.15, 0.2) is 9.47 Å². The van der Waals surface area contributed by atoms with Crippen molar-refractivity contribution in [3.63, 3.8) is 0 Å². The van der Waals surface area contributed by atoms with Crippen LogP contribution in [0.5, 0.6) is 0 Å². The fraction of sp³-hybridized carbons (Fsp3) is 0.667. The van der Waals surface area contributed by atoms with Crippen LogP contribution >= 0.6 is 31.9 Å². The van der Waals surface area contributed by atoms with Crippen LogP contribution in [0.1, 0.15) is 6.92 Å². The summed E-state index contributed by atoms with van der Waals surface area (Å²) in [5, 5.41) is 0. The monoisotopic (exact) mass is 254 g/mol. The Bertz CT molecular complexity index is 129. The number of rotatable bonds is 1. The first-order valence-corrected chi connectivity index (χ1v) is 4.43. The van der Waals surface area contributed by atoms with Crippen molar-refractivity contribution < 1.29 is 4.74 Å². The van der Waals surface area contributed by atoms with E-state index < -0.39 is 0 Å². The van der Waals surface area contributed by atoms with Gasteiger partial charge in [0, 0.05) is 5.92 Å². The van der Waals surface area contributed by atoms with Crippen molar-refractivity contribution >= 4 is 31.9 Å². The number of hydrogen-bond donors (Lipinski definition) is 0. The molecule has 1 heterocycles. The first-order valence-electron chi connectivity index (χ1n) is 2.84. The minimum Gasteiger partial charge on any atom is -0.373 e. The van der Waals surface area contributed by atoms with Crippen molar-refractivity contribution in [3.8, 4) is 0 Å². The van der Waals surface area contributed by atoms with Crippen LogP contribution in [0.25, 0.3) is 0 Å². The van der Waals surface area contributed by atoms with Gasteiger partial charge < -0.3 is 4.74 Å². The maximum Gasteiger partial charge on any atom is 0.0822 e. The van der Waals surface area contributed by atoms with Gasteiger partial charge in [0.1, 0.15) is 0 Å². The van der Waals surface area contributed by atoms with Crippen LogP contribution in [0, 0.1) is 5.92 Å². The Kier molecular flexibility index (Phi) is 2.73. The molecule has 1 rings (SSSR count). The second-order valence-electron chi connectivity index (χ2n) is 2.23. The van der Waals surface area contributed by atoms with E-state index in [0.29, 0.717) is 12.0 Å². The molecule has 2 unspecified atom stereocenters. The molecular formula is C6H8Br2O. The van der Waals surface area contributed by atoms with E-state index in [-0.39, 0.29) is 0 Å². The Morgan fingerprint density at radius 2 is 2.33 bits per heavy atom. The summed E-state index contributed by atoms with van der Waals surface area (Å²) in [5.41, 5.74) is 0. The van der Waals surface area contributed by atoms with Gasteiger partial charge in [-0.25, -0.2) is 0 Å². The van der Waals surface area contributed by atoms with E-state index in [1.54, 1.807) is 0 Å². The summed E-state index contributed by atoms with van der Waals surface area (Å²) in [7, 11) is 0. The summed E-state index contributed by atoms with van der Waals surface area (Å²) < 4.78 is 6.20. The van der Waals surface area contributed by atoms with E-state index in [2.05, 4.69) is 38.8 Å². The van der Waals surface area contributed by atoms with Gasteiger partial charge in [-0.3, -0.25) is 0 Å². The zero-order valence-electron chi connectivity index (χ0n) is 5.10. The SMILES string of the molecule is CC1COC1C=C(Br)Br. The van der Waals surface area contributed by atoms with Gasteiger partial charge in [0.05, 0.1) is 16.1 Å². The third-order valence-corrected chi connectivity index (χ3v) is 1.93. The van der Waals surface area contributed by atoms with E-state index in [4.69, 9.17) is 4.74 Å². The Morgan fingerprint density at radius 1 is 1.67 bits per heavy atom. The van der Waals surface area contributed by atoms with Gasteiger partial charge in [0.25, 0.3) is 0 Å². The Labute approximate surface area is 71.7 Å². The van der Waals surface area contributed by atoms with E-state index in [1.165, 1.54) is 0 Å². The Hall–Kier alpha value is 0.660. The van der Waals surface area contributed by atoms with Gasteiger partial charge in [-0.2, -0.15) is 0 Å². The van der Waals surface area contributed by atoms with Crippen molar-refractivity contribution in [2.24, 2.45) is 5.92 Å². The average molecular weight is 256 g/mol. The summed E-state index contributed by atoms with van der Waals surface area (Å²) in [6.07, 6.45) is 2.34. The molecule has 0 aliphatic carbocycles. The molecule has 0 aromatic carbocycles. The zero-order chi connectivity index (χ0) is 6.85. The lowest BCUT2D eigenvalue weighted by molar-refractivity contribution is -0.0756. The molecule has 1 nitrogen and oxygen atoms in total. The molecule has 1 aliphatic heterocycles. The van der Waals surface area contributed by atoms with Gasteiger partial charge in [-0.05, 0) is 37.9 Å². The van der Waals surface area contributed by atoms with Crippen LogP contribution in [0.3, 0.4) is 0 Å². The summed E-state index contributed by atoms with van der Waals surface area (Å²) in [4.78, 5) is 0. The standard InChI is InChI=1S/C6H8Br2O/c1-4-3-9-5(4)2-6(7)8/h2,4-5H,3H2,1H3. The highest BCUT2D eigenvalue weighted by Gasteiger charge is 2.25. The molecule has 0 aromatic heterocycles. The summed E-state index contributed by atoms with van der Waals surface area (Å²) in [6, 6.07) is 0. The van der Waals surface area contributed by atoms with E-state index >= 15 is 0 Å². The lowest BCUT2D eigenvalue weighted by Gasteiger charge is -2.31. The van der Waals surface area contributed by atoms with Gasteiger partial charge >= 0.3 is 0 Å². The third kappa shape index (κ3) is 2.06. The normalized spacial score (nSPS) is 33.2.